The van der Waals surface area contributed by atoms with Crippen LogP contribution in [0.2, 0.25) is 0 Å². The van der Waals surface area contributed by atoms with Crippen LogP contribution in [0.4, 0.5) is 0 Å². The fourth-order valence-corrected chi connectivity index (χ4v) is 1.58. The molecule has 1 aliphatic rings. The van der Waals surface area contributed by atoms with Gasteiger partial charge in [-0.1, -0.05) is 19.1 Å². The van der Waals surface area contributed by atoms with E-state index in [1.165, 1.54) is 7.11 Å². The van der Waals surface area contributed by atoms with E-state index < -0.39 is 0 Å². The molecule has 1 atom stereocenters. The molecule has 0 spiro atoms. The van der Waals surface area contributed by atoms with Gasteiger partial charge in [-0.05, 0) is 6.42 Å². The maximum atomic E-state index is 11.5. The Hall–Kier alpha value is -0.870. The first-order chi connectivity index (χ1) is 7.19. The minimum Gasteiger partial charge on any atom is -0.468 e. The highest BCUT2D eigenvalue weighted by Crippen LogP contribution is 2.11. The molecule has 1 saturated heterocycles. The summed E-state index contributed by atoms with van der Waals surface area (Å²) in [7, 11) is 1.41. The van der Waals surface area contributed by atoms with Crippen molar-refractivity contribution in [1.29, 1.82) is 0 Å². The lowest BCUT2D eigenvalue weighted by Crippen LogP contribution is -2.50. The molecule has 0 aliphatic carbocycles. The summed E-state index contributed by atoms with van der Waals surface area (Å²) in [5.41, 5.74) is 1.13. The third kappa shape index (κ3) is 3.32. The second-order valence-corrected chi connectivity index (χ2v) is 3.69. The molecule has 0 N–H and O–H groups in total. The fraction of sp³-hybridized carbons (Fsp3) is 0.727. The smallest absolute Gasteiger partial charge is 0.325 e. The molecule has 15 heavy (non-hydrogen) atoms. The van der Waals surface area contributed by atoms with Crippen LogP contribution >= 0.6 is 0 Å². The standard InChI is InChI=1S/C11H19NO3/c1-4-9(2)7-12-5-6-15-8-10(12)11(13)14-3/h10H,2,4-8H2,1,3H3. The number of rotatable bonds is 4. The molecule has 0 radical (unpaired) electrons. The molecule has 0 bridgehead atoms. The Bertz CT molecular complexity index is 240. The average molecular weight is 213 g/mol. The predicted octanol–water partition coefficient (Wildman–Crippen LogP) is 0.826. The van der Waals surface area contributed by atoms with Gasteiger partial charge in [-0.25, -0.2) is 0 Å². The number of ether oxygens (including phenoxy) is 2. The highest BCUT2D eigenvalue weighted by atomic mass is 16.5. The number of hydrogen-bond acceptors (Lipinski definition) is 4. The van der Waals surface area contributed by atoms with E-state index in [9.17, 15) is 4.79 Å². The van der Waals surface area contributed by atoms with E-state index in [4.69, 9.17) is 9.47 Å². The summed E-state index contributed by atoms with van der Waals surface area (Å²) < 4.78 is 10.0. The van der Waals surface area contributed by atoms with Crippen LogP contribution in [0.25, 0.3) is 0 Å². The predicted molar refractivity (Wildman–Crippen MR) is 57.6 cm³/mol. The van der Waals surface area contributed by atoms with Gasteiger partial charge in [-0.3, -0.25) is 9.69 Å². The zero-order chi connectivity index (χ0) is 11.3. The number of methoxy groups -OCH3 is 1. The number of nitrogens with zero attached hydrogens (tertiary/aromatic N) is 1. The molecular weight excluding hydrogens is 194 g/mol. The Morgan fingerprint density at radius 2 is 2.40 bits per heavy atom. The van der Waals surface area contributed by atoms with Crippen molar-refractivity contribution in [3.8, 4) is 0 Å². The Morgan fingerprint density at radius 1 is 1.67 bits per heavy atom. The van der Waals surface area contributed by atoms with E-state index in [2.05, 4.69) is 18.4 Å². The van der Waals surface area contributed by atoms with E-state index >= 15 is 0 Å². The third-order valence-corrected chi connectivity index (χ3v) is 2.64. The van der Waals surface area contributed by atoms with Crippen LogP contribution in [-0.2, 0) is 14.3 Å². The van der Waals surface area contributed by atoms with Crippen LogP contribution in [0, 0.1) is 0 Å². The van der Waals surface area contributed by atoms with Crippen LogP contribution in [0.3, 0.4) is 0 Å². The highest BCUT2D eigenvalue weighted by molar-refractivity contribution is 5.76. The van der Waals surface area contributed by atoms with Gasteiger partial charge in [0.05, 0.1) is 20.3 Å². The molecule has 0 aromatic heterocycles. The molecule has 86 valence electrons. The molecule has 1 rings (SSSR count). The largest absolute Gasteiger partial charge is 0.468 e. The van der Waals surface area contributed by atoms with Crippen molar-refractivity contribution < 1.29 is 14.3 Å². The molecule has 1 heterocycles. The van der Waals surface area contributed by atoms with Gasteiger partial charge in [0.25, 0.3) is 0 Å². The summed E-state index contributed by atoms with van der Waals surface area (Å²) in [6, 6.07) is -0.271. The van der Waals surface area contributed by atoms with Crippen LogP contribution in [-0.4, -0.2) is 50.3 Å². The summed E-state index contributed by atoms with van der Waals surface area (Å²) in [5, 5.41) is 0. The molecule has 1 aliphatic heterocycles. The maximum absolute atomic E-state index is 11.5. The zero-order valence-corrected chi connectivity index (χ0v) is 9.49. The van der Waals surface area contributed by atoms with Crippen molar-refractivity contribution in [2.24, 2.45) is 0 Å². The summed E-state index contributed by atoms with van der Waals surface area (Å²) in [6.45, 7) is 8.62. The summed E-state index contributed by atoms with van der Waals surface area (Å²) >= 11 is 0. The van der Waals surface area contributed by atoms with Crippen LogP contribution in [0.15, 0.2) is 12.2 Å². The first kappa shape index (κ1) is 12.2. The van der Waals surface area contributed by atoms with E-state index in [0.717, 1.165) is 25.1 Å². The quantitative estimate of drug-likeness (QED) is 0.512. The number of carbonyl (C=O) groups is 1. The van der Waals surface area contributed by atoms with Crippen LogP contribution < -0.4 is 0 Å². The minimum atomic E-state index is -0.271. The first-order valence-electron chi connectivity index (χ1n) is 5.25. The monoisotopic (exact) mass is 213 g/mol. The van der Waals surface area contributed by atoms with Crippen molar-refractivity contribution >= 4 is 5.97 Å². The normalized spacial score (nSPS) is 22.4. The van der Waals surface area contributed by atoms with Crippen molar-refractivity contribution in [1.82, 2.24) is 4.90 Å². The molecule has 4 nitrogen and oxygen atoms in total. The van der Waals surface area contributed by atoms with E-state index in [1.54, 1.807) is 0 Å². The van der Waals surface area contributed by atoms with Gasteiger partial charge in [-0.15, -0.1) is 0 Å². The van der Waals surface area contributed by atoms with Gasteiger partial charge < -0.3 is 9.47 Å². The lowest BCUT2D eigenvalue weighted by Gasteiger charge is -2.33. The van der Waals surface area contributed by atoms with Crippen molar-refractivity contribution in [2.45, 2.75) is 19.4 Å². The average Bonchev–Trinajstić information content (AvgIpc) is 2.28. The summed E-state index contributed by atoms with van der Waals surface area (Å²) in [4.78, 5) is 13.5. The van der Waals surface area contributed by atoms with Gasteiger partial charge in [0.2, 0.25) is 0 Å². The number of carbonyl (C=O) groups excluding carboxylic acids is 1. The highest BCUT2D eigenvalue weighted by Gasteiger charge is 2.29. The topological polar surface area (TPSA) is 38.8 Å². The molecule has 1 unspecified atom stereocenters. The lowest BCUT2D eigenvalue weighted by atomic mass is 10.1. The number of hydrogen-bond donors (Lipinski definition) is 0. The second kappa shape index (κ2) is 5.88. The SMILES string of the molecule is C=C(CC)CN1CCOCC1C(=O)OC. The fourth-order valence-electron chi connectivity index (χ4n) is 1.58. The molecule has 0 aromatic carbocycles. The molecule has 0 aromatic rings. The summed E-state index contributed by atoms with van der Waals surface area (Å²) in [6.07, 6.45) is 0.936. The minimum absolute atomic E-state index is 0.224. The van der Waals surface area contributed by atoms with Gasteiger partial charge in [0.1, 0.15) is 6.04 Å². The Labute approximate surface area is 90.8 Å². The lowest BCUT2D eigenvalue weighted by molar-refractivity contribution is -0.152. The van der Waals surface area contributed by atoms with Gasteiger partial charge in [0, 0.05) is 13.1 Å². The second-order valence-electron chi connectivity index (χ2n) is 3.69. The van der Waals surface area contributed by atoms with E-state index in [1.807, 2.05) is 0 Å². The van der Waals surface area contributed by atoms with E-state index in [0.29, 0.717) is 13.2 Å². The number of esters is 1. The van der Waals surface area contributed by atoms with Crippen molar-refractivity contribution in [2.75, 3.05) is 33.4 Å². The van der Waals surface area contributed by atoms with Gasteiger partial charge >= 0.3 is 5.97 Å². The third-order valence-electron chi connectivity index (χ3n) is 2.64. The van der Waals surface area contributed by atoms with Crippen molar-refractivity contribution in [3.05, 3.63) is 12.2 Å². The summed E-state index contributed by atoms with van der Waals surface area (Å²) in [5.74, 6) is -0.224. The molecular formula is C11H19NO3. The van der Waals surface area contributed by atoms with Gasteiger partial charge in [0.15, 0.2) is 0 Å². The Balaban J connectivity index is 2.57. The van der Waals surface area contributed by atoms with E-state index in [-0.39, 0.29) is 12.0 Å². The molecule has 0 amide bonds. The zero-order valence-electron chi connectivity index (χ0n) is 9.49. The molecule has 1 fully saturated rings. The van der Waals surface area contributed by atoms with Gasteiger partial charge in [-0.2, -0.15) is 0 Å². The Morgan fingerprint density at radius 3 is 3.00 bits per heavy atom. The van der Waals surface area contributed by atoms with Crippen LogP contribution in [0.1, 0.15) is 13.3 Å². The molecule has 4 heteroatoms. The Kier molecular flexibility index (Phi) is 4.78. The van der Waals surface area contributed by atoms with Crippen molar-refractivity contribution in [3.63, 3.8) is 0 Å². The van der Waals surface area contributed by atoms with Crippen LogP contribution in [0.5, 0.6) is 0 Å². The number of morpholine rings is 1. The molecule has 0 saturated carbocycles. The first-order valence-corrected chi connectivity index (χ1v) is 5.25. The maximum Gasteiger partial charge on any atom is 0.325 e.